The summed E-state index contributed by atoms with van der Waals surface area (Å²) in [4.78, 5) is 0. The molecule has 0 aromatic heterocycles. The SMILES string of the molecule is C=C1CC2(CCC2)C12CCC2. The van der Waals surface area contributed by atoms with Crippen LogP contribution in [0.5, 0.6) is 0 Å². The molecule has 0 N–H and O–H groups in total. The Morgan fingerprint density at radius 2 is 1.64 bits per heavy atom. The fourth-order valence-corrected chi connectivity index (χ4v) is 3.69. The maximum Gasteiger partial charge on any atom is -0.00311 e. The molecule has 3 fully saturated rings. The number of hydrogen-bond donors (Lipinski definition) is 0. The zero-order chi connectivity index (χ0) is 7.53. The van der Waals surface area contributed by atoms with E-state index < -0.39 is 0 Å². The summed E-state index contributed by atoms with van der Waals surface area (Å²) in [5.74, 6) is 0. The third-order valence-corrected chi connectivity index (χ3v) is 4.76. The van der Waals surface area contributed by atoms with E-state index in [1.54, 1.807) is 5.57 Å². The molecule has 3 rings (SSSR count). The van der Waals surface area contributed by atoms with E-state index in [0.29, 0.717) is 5.41 Å². The highest BCUT2D eigenvalue weighted by molar-refractivity contribution is 5.34. The highest BCUT2D eigenvalue weighted by Gasteiger charge is 2.65. The summed E-state index contributed by atoms with van der Waals surface area (Å²) < 4.78 is 0. The van der Waals surface area contributed by atoms with Gasteiger partial charge in [-0.3, -0.25) is 0 Å². The average Bonchev–Trinajstić information content (AvgIpc) is 1.73. The lowest BCUT2D eigenvalue weighted by molar-refractivity contribution is -0.128. The van der Waals surface area contributed by atoms with E-state index in [9.17, 15) is 0 Å². The Morgan fingerprint density at radius 3 is 1.82 bits per heavy atom. The molecule has 0 aromatic carbocycles. The lowest BCUT2D eigenvalue weighted by Gasteiger charge is -2.70. The molecule has 3 aliphatic carbocycles. The minimum absolute atomic E-state index is 0.700. The van der Waals surface area contributed by atoms with Gasteiger partial charge in [0, 0.05) is 0 Å². The Bertz CT molecular complexity index is 216. The normalized spacial score (nSPS) is 36.2. The predicted molar refractivity (Wildman–Crippen MR) is 46.3 cm³/mol. The van der Waals surface area contributed by atoms with Gasteiger partial charge >= 0.3 is 0 Å². The third-order valence-electron chi connectivity index (χ3n) is 4.76. The summed E-state index contributed by atoms with van der Waals surface area (Å²) in [5.41, 5.74) is 3.11. The Morgan fingerprint density at radius 1 is 1.00 bits per heavy atom. The molecule has 0 saturated heterocycles. The lowest BCUT2D eigenvalue weighted by Crippen LogP contribution is -2.60. The van der Waals surface area contributed by atoms with Crippen molar-refractivity contribution in [3.63, 3.8) is 0 Å². The van der Waals surface area contributed by atoms with Crippen LogP contribution in [0.1, 0.15) is 44.9 Å². The average molecular weight is 148 g/mol. The van der Waals surface area contributed by atoms with Crippen LogP contribution in [-0.2, 0) is 0 Å². The van der Waals surface area contributed by atoms with E-state index in [1.165, 1.54) is 44.9 Å². The number of fused-ring (bicyclic) bond motifs is 1. The van der Waals surface area contributed by atoms with Gasteiger partial charge < -0.3 is 0 Å². The molecule has 0 nitrogen and oxygen atoms in total. The molecule has 0 heterocycles. The van der Waals surface area contributed by atoms with Crippen molar-refractivity contribution in [1.29, 1.82) is 0 Å². The van der Waals surface area contributed by atoms with Gasteiger partial charge in [0.15, 0.2) is 0 Å². The molecular weight excluding hydrogens is 132 g/mol. The fraction of sp³-hybridized carbons (Fsp3) is 0.818. The van der Waals surface area contributed by atoms with Gasteiger partial charge in [-0.1, -0.05) is 25.0 Å². The number of allylic oxidation sites excluding steroid dienone is 1. The summed E-state index contributed by atoms with van der Waals surface area (Å²) in [6.07, 6.45) is 10.3. The van der Waals surface area contributed by atoms with Crippen molar-refractivity contribution in [2.75, 3.05) is 0 Å². The number of hydrogen-bond acceptors (Lipinski definition) is 0. The predicted octanol–water partition coefficient (Wildman–Crippen LogP) is 3.29. The minimum atomic E-state index is 0.700. The molecule has 0 unspecified atom stereocenters. The van der Waals surface area contributed by atoms with Crippen molar-refractivity contribution in [2.24, 2.45) is 10.8 Å². The van der Waals surface area contributed by atoms with Crippen LogP contribution in [0, 0.1) is 10.8 Å². The van der Waals surface area contributed by atoms with Gasteiger partial charge in [0.25, 0.3) is 0 Å². The van der Waals surface area contributed by atoms with E-state index in [1.807, 2.05) is 0 Å². The van der Waals surface area contributed by atoms with Gasteiger partial charge in [-0.25, -0.2) is 0 Å². The quantitative estimate of drug-likeness (QED) is 0.462. The molecule has 3 saturated carbocycles. The molecule has 0 bridgehead atoms. The van der Waals surface area contributed by atoms with Gasteiger partial charge in [0.2, 0.25) is 0 Å². The molecule has 0 heteroatoms. The maximum atomic E-state index is 4.21. The largest absolute Gasteiger partial charge is 0.0993 e. The van der Waals surface area contributed by atoms with E-state index in [-0.39, 0.29) is 0 Å². The van der Waals surface area contributed by atoms with Crippen molar-refractivity contribution in [1.82, 2.24) is 0 Å². The second kappa shape index (κ2) is 1.57. The zero-order valence-corrected chi connectivity index (χ0v) is 7.16. The highest BCUT2D eigenvalue weighted by atomic mass is 14.7. The molecule has 0 aromatic rings. The van der Waals surface area contributed by atoms with Crippen LogP contribution in [0.3, 0.4) is 0 Å². The Kier molecular flexibility index (Phi) is 0.898. The lowest BCUT2D eigenvalue weighted by atomic mass is 9.34. The summed E-state index contributed by atoms with van der Waals surface area (Å²) >= 11 is 0. The smallest absolute Gasteiger partial charge is 0.00311 e. The van der Waals surface area contributed by atoms with Crippen molar-refractivity contribution in [2.45, 2.75) is 44.9 Å². The van der Waals surface area contributed by atoms with E-state index in [0.717, 1.165) is 5.41 Å². The van der Waals surface area contributed by atoms with E-state index >= 15 is 0 Å². The van der Waals surface area contributed by atoms with E-state index in [2.05, 4.69) is 6.58 Å². The van der Waals surface area contributed by atoms with Crippen LogP contribution in [0.4, 0.5) is 0 Å². The van der Waals surface area contributed by atoms with Gasteiger partial charge in [-0.15, -0.1) is 0 Å². The highest BCUT2D eigenvalue weighted by Crippen LogP contribution is 2.76. The first-order valence-electron chi connectivity index (χ1n) is 4.97. The van der Waals surface area contributed by atoms with Crippen LogP contribution < -0.4 is 0 Å². The topological polar surface area (TPSA) is 0 Å². The molecule has 0 aliphatic heterocycles. The molecule has 2 spiro atoms. The number of rotatable bonds is 0. The monoisotopic (exact) mass is 148 g/mol. The second-order valence-electron chi connectivity index (χ2n) is 4.85. The molecular formula is C11H16. The summed E-state index contributed by atoms with van der Waals surface area (Å²) in [6.45, 7) is 4.21. The molecule has 0 amide bonds. The van der Waals surface area contributed by atoms with Gasteiger partial charge in [0.05, 0.1) is 0 Å². The van der Waals surface area contributed by atoms with Crippen molar-refractivity contribution in [3.8, 4) is 0 Å². The van der Waals surface area contributed by atoms with Crippen molar-refractivity contribution >= 4 is 0 Å². The molecule has 3 aliphatic rings. The maximum absolute atomic E-state index is 4.21. The Hall–Kier alpha value is -0.260. The van der Waals surface area contributed by atoms with Gasteiger partial charge in [-0.2, -0.15) is 0 Å². The second-order valence-corrected chi connectivity index (χ2v) is 4.85. The first kappa shape index (κ1) is 6.28. The Labute approximate surface area is 68.7 Å². The molecule has 0 radical (unpaired) electrons. The van der Waals surface area contributed by atoms with Crippen LogP contribution in [-0.4, -0.2) is 0 Å². The van der Waals surface area contributed by atoms with Crippen LogP contribution >= 0.6 is 0 Å². The third kappa shape index (κ3) is 0.457. The molecule has 11 heavy (non-hydrogen) atoms. The summed E-state index contributed by atoms with van der Waals surface area (Å²) in [6, 6.07) is 0. The van der Waals surface area contributed by atoms with Gasteiger partial charge in [0.1, 0.15) is 0 Å². The van der Waals surface area contributed by atoms with Crippen molar-refractivity contribution < 1.29 is 0 Å². The van der Waals surface area contributed by atoms with Crippen molar-refractivity contribution in [3.05, 3.63) is 12.2 Å². The van der Waals surface area contributed by atoms with Crippen LogP contribution in [0.25, 0.3) is 0 Å². The summed E-state index contributed by atoms with van der Waals surface area (Å²) in [5, 5.41) is 0. The first-order chi connectivity index (χ1) is 5.29. The zero-order valence-electron chi connectivity index (χ0n) is 7.16. The van der Waals surface area contributed by atoms with Crippen LogP contribution in [0.15, 0.2) is 12.2 Å². The minimum Gasteiger partial charge on any atom is -0.0993 e. The van der Waals surface area contributed by atoms with Crippen LogP contribution in [0.2, 0.25) is 0 Å². The standard InChI is InChI=1S/C11H16/c1-9-8-10(4-2-5-10)11(9)6-3-7-11/h1-8H2. The van der Waals surface area contributed by atoms with E-state index in [4.69, 9.17) is 0 Å². The Balaban J connectivity index is 1.93. The summed E-state index contributed by atoms with van der Waals surface area (Å²) in [7, 11) is 0. The fourth-order valence-electron chi connectivity index (χ4n) is 3.69. The molecule has 0 atom stereocenters. The first-order valence-corrected chi connectivity index (χ1v) is 4.97. The molecule has 60 valence electrons. The van der Waals surface area contributed by atoms with Gasteiger partial charge in [-0.05, 0) is 42.9 Å².